The van der Waals surface area contributed by atoms with Crippen LogP contribution in [-0.2, 0) is 4.79 Å². The monoisotopic (exact) mass is 239 g/mol. The van der Waals surface area contributed by atoms with E-state index in [9.17, 15) is 4.79 Å². The number of halogens is 1. The van der Waals surface area contributed by atoms with Gasteiger partial charge in [-0.05, 0) is 30.2 Å². The van der Waals surface area contributed by atoms with Crippen LogP contribution in [0.25, 0.3) is 6.08 Å². The minimum Gasteiger partial charge on any atom is -0.366 e. The second-order valence-corrected chi connectivity index (χ2v) is 3.60. The third-order valence-electron chi connectivity index (χ3n) is 1.64. The van der Waals surface area contributed by atoms with Gasteiger partial charge in [0.15, 0.2) is 0 Å². The Morgan fingerprint density at radius 1 is 1.54 bits per heavy atom. The summed E-state index contributed by atoms with van der Waals surface area (Å²) < 4.78 is 1.03. The molecule has 0 bridgehead atoms. The second-order valence-electron chi connectivity index (χ2n) is 2.74. The molecule has 0 atom stereocenters. The lowest BCUT2D eigenvalue weighted by Gasteiger charge is -1.98. The Morgan fingerprint density at radius 3 is 2.77 bits per heavy atom. The predicted molar refractivity (Wildman–Crippen MR) is 57.1 cm³/mol. The molecule has 1 aromatic carbocycles. The van der Waals surface area contributed by atoms with Gasteiger partial charge in [-0.25, -0.2) is 0 Å². The van der Waals surface area contributed by atoms with E-state index < -0.39 is 5.91 Å². The summed E-state index contributed by atoms with van der Waals surface area (Å²) in [6, 6.07) is 5.85. The highest BCUT2D eigenvalue weighted by molar-refractivity contribution is 9.10. The molecule has 0 saturated carbocycles. The molecule has 1 aromatic rings. The molecule has 0 unspecified atom stereocenters. The fourth-order valence-electron chi connectivity index (χ4n) is 0.891. The van der Waals surface area contributed by atoms with Gasteiger partial charge >= 0.3 is 0 Å². The summed E-state index contributed by atoms with van der Waals surface area (Å²) in [4.78, 5) is 10.4. The maximum atomic E-state index is 10.4. The lowest BCUT2D eigenvalue weighted by molar-refractivity contribution is -0.113. The molecule has 0 radical (unpaired) electrons. The van der Waals surface area contributed by atoms with Crippen molar-refractivity contribution in [2.24, 2.45) is 5.73 Å². The van der Waals surface area contributed by atoms with Crippen LogP contribution in [-0.4, -0.2) is 5.91 Å². The van der Waals surface area contributed by atoms with Crippen molar-refractivity contribution < 1.29 is 4.79 Å². The summed E-state index contributed by atoms with van der Waals surface area (Å²) in [6.07, 6.45) is 3.03. The smallest absolute Gasteiger partial charge is 0.241 e. The Hall–Kier alpha value is -1.09. The number of primary amides is 1. The molecule has 1 amide bonds. The van der Waals surface area contributed by atoms with Crippen LogP contribution in [0.4, 0.5) is 0 Å². The van der Waals surface area contributed by atoms with E-state index >= 15 is 0 Å². The van der Waals surface area contributed by atoms with Gasteiger partial charge in [0.1, 0.15) is 0 Å². The third kappa shape index (κ3) is 3.03. The van der Waals surface area contributed by atoms with Gasteiger partial charge in [-0.15, -0.1) is 0 Å². The van der Waals surface area contributed by atoms with Gasteiger partial charge in [-0.2, -0.15) is 0 Å². The zero-order valence-electron chi connectivity index (χ0n) is 7.25. The first-order valence-electron chi connectivity index (χ1n) is 3.83. The van der Waals surface area contributed by atoms with E-state index in [2.05, 4.69) is 15.9 Å². The molecule has 0 aliphatic carbocycles. The van der Waals surface area contributed by atoms with Crippen LogP contribution in [0.3, 0.4) is 0 Å². The summed E-state index contributed by atoms with van der Waals surface area (Å²) in [6.45, 7) is 2.01. The maximum Gasteiger partial charge on any atom is 0.241 e. The number of aryl methyl sites for hydroxylation is 1. The third-order valence-corrected chi connectivity index (χ3v) is 2.49. The first kappa shape index (κ1) is 9.99. The predicted octanol–water partition coefficient (Wildman–Crippen LogP) is 2.26. The molecule has 68 valence electrons. The van der Waals surface area contributed by atoms with Gasteiger partial charge in [0.2, 0.25) is 5.91 Å². The van der Waals surface area contributed by atoms with E-state index in [0.29, 0.717) is 0 Å². The van der Waals surface area contributed by atoms with Crippen LogP contribution in [0.2, 0.25) is 0 Å². The van der Waals surface area contributed by atoms with Gasteiger partial charge < -0.3 is 5.73 Å². The molecular weight excluding hydrogens is 230 g/mol. The van der Waals surface area contributed by atoms with Crippen LogP contribution in [0, 0.1) is 6.92 Å². The molecule has 3 heteroatoms. The van der Waals surface area contributed by atoms with Crippen molar-refractivity contribution in [3.05, 3.63) is 39.9 Å². The molecule has 2 nitrogen and oxygen atoms in total. The van der Waals surface area contributed by atoms with E-state index in [-0.39, 0.29) is 0 Å². The molecular formula is C10H10BrNO. The van der Waals surface area contributed by atoms with Gasteiger partial charge in [0, 0.05) is 10.5 Å². The second kappa shape index (κ2) is 4.23. The molecule has 0 spiro atoms. The van der Waals surface area contributed by atoms with Crippen molar-refractivity contribution in [3.8, 4) is 0 Å². The van der Waals surface area contributed by atoms with Crippen LogP contribution in [0.5, 0.6) is 0 Å². The Bertz CT molecular complexity index is 358. The highest BCUT2D eigenvalue weighted by Gasteiger charge is 1.94. The Morgan fingerprint density at radius 2 is 2.23 bits per heavy atom. The fraction of sp³-hybridized carbons (Fsp3) is 0.100. The number of nitrogens with two attached hydrogens (primary N) is 1. The van der Waals surface area contributed by atoms with Crippen LogP contribution < -0.4 is 5.73 Å². The number of amides is 1. The van der Waals surface area contributed by atoms with Gasteiger partial charge in [0.05, 0.1) is 0 Å². The highest BCUT2D eigenvalue weighted by Crippen LogP contribution is 2.18. The summed E-state index contributed by atoms with van der Waals surface area (Å²) in [7, 11) is 0. The fourth-order valence-corrected chi connectivity index (χ4v) is 1.29. The van der Waals surface area contributed by atoms with E-state index in [4.69, 9.17) is 5.73 Å². The Kier molecular flexibility index (Phi) is 3.25. The lowest BCUT2D eigenvalue weighted by atomic mass is 10.1. The molecule has 0 heterocycles. The number of carbonyl (C=O) groups is 1. The van der Waals surface area contributed by atoms with Gasteiger partial charge in [-0.3, -0.25) is 4.79 Å². The molecule has 0 aliphatic rings. The number of carbonyl (C=O) groups excluding carboxylic acids is 1. The zero-order chi connectivity index (χ0) is 9.84. The van der Waals surface area contributed by atoms with Gasteiger partial charge in [0.25, 0.3) is 0 Å². The normalized spacial score (nSPS) is 10.6. The SMILES string of the molecule is Cc1ccc(C=CC(N)=O)cc1Br. The summed E-state index contributed by atoms with van der Waals surface area (Å²) in [5, 5.41) is 0. The van der Waals surface area contributed by atoms with E-state index in [1.807, 2.05) is 25.1 Å². The first-order chi connectivity index (χ1) is 6.09. The average molecular weight is 240 g/mol. The quantitative estimate of drug-likeness (QED) is 0.791. The number of benzene rings is 1. The summed E-state index contributed by atoms with van der Waals surface area (Å²) in [5.41, 5.74) is 7.09. The maximum absolute atomic E-state index is 10.4. The number of hydrogen-bond acceptors (Lipinski definition) is 1. The van der Waals surface area contributed by atoms with Gasteiger partial charge in [-0.1, -0.05) is 28.1 Å². The van der Waals surface area contributed by atoms with E-state index in [1.165, 1.54) is 6.08 Å². The van der Waals surface area contributed by atoms with Crippen LogP contribution >= 0.6 is 15.9 Å². The average Bonchev–Trinajstić information content (AvgIpc) is 2.07. The zero-order valence-corrected chi connectivity index (χ0v) is 8.84. The molecule has 0 aromatic heterocycles. The first-order valence-corrected chi connectivity index (χ1v) is 4.62. The minimum absolute atomic E-state index is 0.434. The molecule has 13 heavy (non-hydrogen) atoms. The van der Waals surface area contributed by atoms with E-state index in [0.717, 1.165) is 15.6 Å². The molecule has 0 saturated heterocycles. The topological polar surface area (TPSA) is 43.1 Å². The molecule has 0 aliphatic heterocycles. The van der Waals surface area contributed by atoms with Crippen molar-refractivity contribution in [1.29, 1.82) is 0 Å². The largest absolute Gasteiger partial charge is 0.366 e. The minimum atomic E-state index is -0.434. The van der Waals surface area contributed by atoms with E-state index in [1.54, 1.807) is 6.08 Å². The van der Waals surface area contributed by atoms with Crippen molar-refractivity contribution in [1.82, 2.24) is 0 Å². The van der Waals surface area contributed by atoms with Crippen molar-refractivity contribution in [2.75, 3.05) is 0 Å². The van der Waals surface area contributed by atoms with Crippen LogP contribution in [0.15, 0.2) is 28.7 Å². The van der Waals surface area contributed by atoms with Crippen molar-refractivity contribution >= 4 is 27.9 Å². The number of rotatable bonds is 2. The Labute approximate surface area is 85.6 Å². The standard InChI is InChI=1S/C10H10BrNO/c1-7-2-3-8(6-9(7)11)4-5-10(12)13/h2-6H,1H3,(H2,12,13). The van der Waals surface area contributed by atoms with Crippen molar-refractivity contribution in [3.63, 3.8) is 0 Å². The number of hydrogen-bond donors (Lipinski definition) is 1. The summed E-state index contributed by atoms with van der Waals surface area (Å²) in [5.74, 6) is -0.434. The molecule has 1 rings (SSSR count). The van der Waals surface area contributed by atoms with Crippen molar-refractivity contribution in [2.45, 2.75) is 6.92 Å². The van der Waals surface area contributed by atoms with Crippen LogP contribution in [0.1, 0.15) is 11.1 Å². The molecule has 0 fully saturated rings. The lowest BCUT2D eigenvalue weighted by Crippen LogP contribution is -2.05. The Balaban J connectivity index is 2.92. The summed E-state index contributed by atoms with van der Waals surface area (Å²) >= 11 is 3.40. The highest BCUT2D eigenvalue weighted by atomic mass is 79.9. The molecule has 2 N–H and O–H groups in total.